The standard InChI is InChI=1S/C8H11ClO.C8H10/c1-6-4-3-5-8(2,10)7(6)9;1-7-5-3-4-6-8(7)2/h3-5,7,10H,1-2H3;3-6H,1-2H3. The molecule has 1 N–H and O–H groups in total. The maximum atomic E-state index is 9.55. The molecule has 2 atom stereocenters. The Morgan fingerprint density at radius 1 is 1.11 bits per heavy atom. The SMILES string of the molecule is CC1=CC=CC(C)(O)C1Cl.Cc1ccccc1C. The Labute approximate surface area is 115 Å². The molecule has 2 heteroatoms. The number of aryl methyl sites for hydroxylation is 2. The Morgan fingerprint density at radius 2 is 1.61 bits per heavy atom. The maximum absolute atomic E-state index is 9.55. The van der Waals surface area contributed by atoms with Gasteiger partial charge in [-0.25, -0.2) is 0 Å². The first-order valence-electron chi connectivity index (χ1n) is 6.09. The van der Waals surface area contributed by atoms with Crippen LogP contribution in [0.4, 0.5) is 0 Å². The highest BCUT2D eigenvalue weighted by Crippen LogP contribution is 2.27. The van der Waals surface area contributed by atoms with Crippen LogP contribution >= 0.6 is 11.6 Å². The number of rotatable bonds is 0. The molecule has 2 rings (SSSR count). The summed E-state index contributed by atoms with van der Waals surface area (Å²) in [7, 11) is 0. The van der Waals surface area contributed by atoms with Gasteiger partial charge in [-0.1, -0.05) is 48.1 Å². The van der Waals surface area contributed by atoms with Gasteiger partial charge >= 0.3 is 0 Å². The fraction of sp³-hybridized carbons (Fsp3) is 0.375. The molecular weight excluding hydrogens is 244 g/mol. The van der Waals surface area contributed by atoms with Crippen LogP contribution in [0.15, 0.2) is 48.1 Å². The molecule has 1 nitrogen and oxygen atoms in total. The number of allylic oxidation sites excluding steroid dienone is 2. The van der Waals surface area contributed by atoms with Crippen LogP contribution in [0.5, 0.6) is 0 Å². The van der Waals surface area contributed by atoms with Crippen molar-refractivity contribution in [3.8, 4) is 0 Å². The second-order valence-electron chi connectivity index (χ2n) is 4.94. The summed E-state index contributed by atoms with van der Waals surface area (Å²) < 4.78 is 0. The van der Waals surface area contributed by atoms with Gasteiger partial charge in [0.1, 0.15) is 5.60 Å². The molecule has 0 saturated heterocycles. The summed E-state index contributed by atoms with van der Waals surface area (Å²) in [4.78, 5) is 0. The number of benzene rings is 1. The van der Waals surface area contributed by atoms with Crippen LogP contribution in [-0.2, 0) is 0 Å². The molecule has 0 spiro atoms. The number of hydrogen-bond acceptors (Lipinski definition) is 1. The average Bonchev–Trinajstić information content (AvgIpc) is 2.31. The summed E-state index contributed by atoms with van der Waals surface area (Å²) in [5.74, 6) is 0. The molecule has 1 aliphatic carbocycles. The average molecular weight is 265 g/mol. The Morgan fingerprint density at radius 3 is 1.94 bits per heavy atom. The van der Waals surface area contributed by atoms with E-state index >= 15 is 0 Å². The minimum absolute atomic E-state index is 0.280. The summed E-state index contributed by atoms with van der Waals surface area (Å²) in [6.07, 6.45) is 5.45. The molecule has 0 aromatic heterocycles. The van der Waals surface area contributed by atoms with Gasteiger partial charge in [0.2, 0.25) is 0 Å². The minimum Gasteiger partial charge on any atom is -0.384 e. The Bertz CT molecular complexity index is 437. The quantitative estimate of drug-likeness (QED) is 0.698. The Balaban J connectivity index is 0.000000184. The highest BCUT2D eigenvalue weighted by atomic mass is 35.5. The molecule has 0 radical (unpaired) electrons. The van der Waals surface area contributed by atoms with E-state index in [0.29, 0.717) is 0 Å². The Kier molecular flexibility index (Phi) is 5.18. The van der Waals surface area contributed by atoms with E-state index in [-0.39, 0.29) is 5.38 Å². The first kappa shape index (κ1) is 15.0. The van der Waals surface area contributed by atoms with Crippen molar-refractivity contribution in [3.63, 3.8) is 0 Å². The van der Waals surface area contributed by atoms with E-state index in [1.807, 2.05) is 19.1 Å². The van der Waals surface area contributed by atoms with Gasteiger partial charge in [0, 0.05) is 0 Å². The second-order valence-corrected chi connectivity index (χ2v) is 5.38. The van der Waals surface area contributed by atoms with Crippen molar-refractivity contribution in [1.29, 1.82) is 0 Å². The predicted molar refractivity (Wildman–Crippen MR) is 79.1 cm³/mol. The second kappa shape index (κ2) is 6.21. The predicted octanol–water partition coefficient (Wildman–Crippen LogP) is 4.16. The van der Waals surface area contributed by atoms with Crippen LogP contribution in [-0.4, -0.2) is 16.1 Å². The summed E-state index contributed by atoms with van der Waals surface area (Å²) >= 11 is 5.89. The summed E-state index contributed by atoms with van der Waals surface area (Å²) in [6, 6.07) is 8.36. The van der Waals surface area contributed by atoms with Crippen molar-refractivity contribution in [1.82, 2.24) is 0 Å². The summed E-state index contributed by atoms with van der Waals surface area (Å²) in [6.45, 7) is 7.86. The largest absolute Gasteiger partial charge is 0.384 e. The van der Waals surface area contributed by atoms with Crippen LogP contribution in [0.3, 0.4) is 0 Å². The van der Waals surface area contributed by atoms with E-state index in [4.69, 9.17) is 11.6 Å². The topological polar surface area (TPSA) is 20.2 Å². The molecule has 0 amide bonds. The fourth-order valence-electron chi connectivity index (χ4n) is 1.69. The zero-order valence-corrected chi connectivity index (χ0v) is 12.2. The fourth-order valence-corrected chi connectivity index (χ4v) is 1.83. The summed E-state index contributed by atoms with van der Waals surface area (Å²) in [5, 5.41) is 9.27. The molecule has 0 heterocycles. The monoisotopic (exact) mass is 264 g/mol. The molecule has 0 aliphatic heterocycles. The van der Waals surface area contributed by atoms with Crippen molar-refractivity contribution < 1.29 is 5.11 Å². The molecule has 0 bridgehead atoms. The van der Waals surface area contributed by atoms with Gasteiger partial charge in [0.25, 0.3) is 0 Å². The first-order valence-corrected chi connectivity index (χ1v) is 6.53. The van der Waals surface area contributed by atoms with Gasteiger partial charge in [-0.05, 0) is 38.8 Å². The van der Waals surface area contributed by atoms with Crippen LogP contribution in [0.2, 0.25) is 0 Å². The van der Waals surface area contributed by atoms with E-state index in [1.54, 1.807) is 13.0 Å². The third-order valence-corrected chi connectivity index (χ3v) is 3.92. The lowest BCUT2D eigenvalue weighted by Gasteiger charge is -2.28. The highest BCUT2D eigenvalue weighted by molar-refractivity contribution is 6.23. The molecule has 98 valence electrons. The normalized spacial score (nSPS) is 26.1. The number of hydrogen-bond donors (Lipinski definition) is 1. The van der Waals surface area contributed by atoms with E-state index in [2.05, 4.69) is 38.1 Å². The molecule has 18 heavy (non-hydrogen) atoms. The van der Waals surface area contributed by atoms with Crippen molar-refractivity contribution in [2.45, 2.75) is 38.7 Å². The number of halogens is 1. The third kappa shape index (κ3) is 4.01. The maximum Gasteiger partial charge on any atom is 0.100 e. The zero-order valence-electron chi connectivity index (χ0n) is 11.4. The van der Waals surface area contributed by atoms with Crippen LogP contribution in [0.1, 0.15) is 25.0 Å². The molecule has 0 saturated carbocycles. The lowest BCUT2D eigenvalue weighted by molar-refractivity contribution is 0.114. The summed E-state index contributed by atoms with van der Waals surface area (Å²) in [5.41, 5.74) is 2.87. The van der Waals surface area contributed by atoms with Crippen LogP contribution < -0.4 is 0 Å². The molecule has 0 fully saturated rings. The van der Waals surface area contributed by atoms with Gasteiger partial charge in [0.15, 0.2) is 0 Å². The van der Waals surface area contributed by atoms with E-state index in [1.165, 1.54) is 11.1 Å². The van der Waals surface area contributed by atoms with Gasteiger partial charge in [-0.2, -0.15) is 0 Å². The minimum atomic E-state index is -0.875. The van der Waals surface area contributed by atoms with Crippen molar-refractivity contribution >= 4 is 11.6 Å². The third-order valence-electron chi connectivity index (χ3n) is 3.13. The molecule has 1 aromatic carbocycles. The van der Waals surface area contributed by atoms with Gasteiger partial charge < -0.3 is 5.11 Å². The molecule has 1 aliphatic rings. The van der Waals surface area contributed by atoms with Crippen molar-refractivity contribution in [2.75, 3.05) is 0 Å². The smallest absolute Gasteiger partial charge is 0.100 e. The molecular formula is C16H21ClO. The molecule has 1 aromatic rings. The van der Waals surface area contributed by atoms with E-state index in [9.17, 15) is 5.11 Å². The lowest BCUT2D eigenvalue weighted by atomic mass is 9.92. The van der Waals surface area contributed by atoms with Crippen LogP contribution in [0.25, 0.3) is 0 Å². The van der Waals surface area contributed by atoms with E-state index in [0.717, 1.165) is 5.57 Å². The lowest BCUT2D eigenvalue weighted by Crippen LogP contribution is -2.35. The van der Waals surface area contributed by atoms with Crippen molar-refractivity contribution in [3.05, 3.63) is 59.2 Å². The van der Waals surface area contributed by atoms with Crippen LogP contribution in [0, 0.1) is 13.8 Å². The first-order chi connectivity index (χ1) is 8.34. The Hall–Kier alpha value is -1.05. The van der Waals surface area contributed by atoms with Crippen molar-refractivity contribution in [2.24, 2.45) is 0 Å². The number of alkyl halides is 1. The van der Waals surface area contributed by atoms with E-state index < -0.39 is 5.60 Å². The highest BCUT2D eigenvalue weighted by Gasteiger charge is 2.29. The van der Waals surface area contributed by atoms with Gasteiger partial charge in [0.05, 0.1) is 5.38 Å². The van der Waals surface area contributed by atoms with Gasteiger partial charge in [-0.15, -0.1) is 11.6 Å². The zero-order chi connectivity index (χ0) is 13.8. The molecule has 2 unspecified atom stereocenters. The number of aliphatic hydroxyl groups is 1. The van der Waals surface area contributed by atoms with Gasteiger partial charge in [-0.3, -0.25) is 0 Å².